The maximum atomic E-state index is 6.10. The van der Waals surface area contributed by atoms with Crippen LogP contribution in [0.1, 0.15) is 18.2 Å². The maximum Gasteiger partial charge on any atom is 0.242 e. The fourth-order valence-corrected chi connectivity index (χ4v) is 2.43. The molecule has 2 aromatic heterocycles. The summed E-state index contributed by atoms with van der Waals surface area (Å²) in [5.74, 6) is 1.54. The van der Waals surface area contributed by atoms with Gasteiger partial charge in [-0.1, -0.05) is 31.2 Å². The number of ether oxygens (including phenoxy) is 1. The molecule has 0 bridgehead atoms. The Kier molecular flexibility index (Phi) is 3.88. The third kappa shape index (κ3) is 2.62. The van der Waals surface area contributed by atoms with Gasteiger partial charge in [0.05, 0.1) is 0 Å². The Labute approximate surface area is 124 Å². The van der Waals surface area contributed by atoms with Crippen molar-refractivity contribution in [3.8, 4) is 11.6 Å². The highest BCUT2D eigenvalue weighted by molar-refractivity contribution is 5.47. The molecule has 0 aliphatic heterocycles. The molecule has 0 atom stereocenters. The molecule has 0 saturated heterocycles. The maximum absolute atomic E-state index is 6.10. The number of nitrogens with zero attached hydrogens (tertiary/aromatic N) is 2. The van der Waals surface area contributed by atoms with E-state index in [0.29, 0.717) is 12.4 Å². The monoisotopic (exact) mass is 281 g/mol. The standard InChI is InChI=1S/C17H19N3O/c1-3-13-8-4-5-9-15(13)21-17-14(12-18-2)20-11-7-6-10-16(20)19-17/h4-11,18H,3,12H2,1-2H3. The Morgan fingerprint density at radius 1 is 1.14 bits per heavy atom. The quantitative estimate of drug-likeness (QED) is 0.779. The van der Waals surface area contributed by atoms with E-state index < -0.39 is 0 Å². The molecule has 4 nitrogen and oxygen atoms in total. The molecular weight excluding hydrogens is 262 g/mol. The second kappa shape index (κ2) is 5.97. The van der Waals surface area contributed by atoms with Crippen molar-refractivity contribution in [1.29, 1.82) is 0 Å². The van der Waals surface area contributed by atoms with Crippen LogP contribution in [0.25, 0.3) is 5.65 Å². The van der Waals surface area contributed by atoms with E-state index in [9.17, 15) is 0 Å². The summed E-state index contributed by atoms with van der Waals surface area (Å²) in [6.07, 6.45) is 2.94. The number of para-hydroxylation sites is 1. The molecule has 1 N–H and O–H groups in total. The Balaban J connectivity index is 2.05. The number of nitrogens with one attached hydrogen (secondary N) is 1. The van der Waals surface area contributed by atoms with E-state index in [2.05, 4.69) is 27.7 Å². The van der Waals surface area contributed by atoms with Gasteiger partial charge in [-0.3, -0.25) is 4.40 Å². The molecule has 0 amide bonds. The molecule has 0 spiro atoms. The summed E-state index contributed by atoms with van der Waals surface area (Å²) in [6, 6.07) is 14.1. The predicted octanol–water partition coefficient (Wildman–Crippen LogP) is 3.41. The van der Waals surface area contributed by atoms with Crippen LogP contribution < -0.4 is 10.1 Å². The summed E-state index contributed by atoms with van der Waals surface area (Å²) >= 11 is 0. The first kappa shape index (κ1) is 13.6. The van der Waals surface area contributed by atoms with Crippen molar-refractivity contribution in [3.05, 3.63) is 59.9 Å². The number of hydrogen-bond donors (Lipinski definition) is 1. The van der Waals surface area contributed by atoms with Gasteiger partial charge in [-0.15, -0.1) is 0 Å². The molecule has 2 heterocycles. The summed E-state index contributed by atoms with van der Waals surface area (Å²) in [5.41, 5.74) is 3.11. The van der Waals surface area contributed by atoms with E-state index in [1.54, 1.807) is 0 Å². The zero-order chi connectivity index (χ0) is 14.7. The summed E-state index contributed by atoms with van der Waals surface area (Å²) in [4.78, 5) is 4.60. The largest absolute Gasteiger partial charge is 0.437 e. The molecule has 0 saturated carbocycles. The smallest absolute Gasteiger partial charge is 0.242 e. The van der Waals surface area contributed by atoms with Gasteiger partial charge < -0.3 is 10.1 Å². The highest BCUT2D eigenvalue weighted by Crippen LogP contribution is 2.28. The van der Waals surface area contributed by atoms with Gasteiger partial charge in [-0.25, -0.2) is 0 Å². The minimum absolute atomic E-state index is 0.663. The van der Waals surface area contributed by atoms with Crippen LogP contribution in [0.3, 0.4) is 0 Å². The van der Waals surface area contributed by atoms with Gasteiger partial charge >= 0.3 is 0 Å². The van der Waals surface area contributed by atoms with Crippen molar-refractivity contribution < 1.29 is 4.74 Å². The van der Waals surface area contributed by atoms with Crippen molar-refractivity contribution in [1.82, 2.24) is 14.7 Å². The number of pyridine rings is 1. The van der Waals surface area contributed by atoms with Crippen molar-refractivity contribution in [2.45, 2.75) is 19.9 Å². The van der Waals surface area contributed by atoms with Crippen molar-refractivity contribution in [2.24, 2.45) is 0 Å². The third-order valence-electron chi connectivity index (χ3n) is 3.50. The average Bonchev–Trinajstić information content (AvgIpc) is 2.86. The Hall–Kier alpha value is -2.33. The van der Waals surface area contributed by atoms with Crippen LogP contribution in [-0.2, 0) is 13.0 Å². The lowest BCUT2D eigenvalue weighted by Gasteiger charge is -2.09. The first-order chi connectivity index (χ1) is 10.3. The van der Waals surface area contributed by atoms with Crippen LogP contribution in [0.4, 0.5) is 0 Å². The van der Waals surface area contributed by atoms with Crippen LogP contribution in [0.2, 0.25) is 0 Å². The normalized spacial score (nSPS) is 11.0. The van der Waals surface area contributed by atoms with Gasteiger partial charge in [0.1, 0.15) is 17.1 Å². The second-order valence-corrected chi connectivity index (χ2v) is 4.89. The van der Waals surface area contributed by atoms with Gasteiger partial charge in [0, 0.05) is 12.7 Å². The zero-order valence-electron chi connectivity index (χ0n) is 12.3. The lowest BCUT2D eigenvalue weighted by Crippen LogP contribution is -2.08. The Bertz CT molecular complexity index is 749. The predicted molar refractivity (Wildman–Crippen MR) is 83.8 cm³/mol. The molecule has 0 aliphatic carbocycles. The number of imidazole rings is 1. The molecule has 4 heteroatoms. The minimum Gasteiger partial charge on any atom is -0.437 e. The lowest BCUT2D eigenvalue weighted by molar-refractivity contribution is 0.452. The number of hydrogen-bond acceptors (Lipinski definition) is 3. The van der Waals surface area contributed by atoms with E-state index in [0.717, 1.165) is 23.5 Å². The molecule has 3 aromatic rings. The van der Waals surface area contributed by atoms with E-state index in [-0.39, 0.29) is 0 Å². The van der Waals surface area contributed by atoms with Gasteiger partial charge in [-0.2, -0.15) is 4.98 Å². The molecule has 0 aliphatic rings. The summed E-state index contributed by atoms with van der Waals surface area (Å²) in [5, 5.41) is 3.18. The number of aromatic nitrogens is 2. The van der Waals surface area contributed by atoms with Gasteiger partial charge in [0.15, 0.2) is 0 Å². The topological polar surface area (TPSA) is 38.6 Å². The molecule has 0 radical (unpaired) electrons. The van der Waals surface area contributed by atoms with Crippen molar-refractivity contribution in [2.75, 3.05) is 7.05 Å². The van der Waals surface area contributed by atoms with E-state index in [1.165, 1.54) is 5.56 Å². The van der Waals surface area contributed by atoms with Crippen molar-refractivity contribution in [3.63, 3.8) is 0 Å². The van der Waals surface area contributed by atoms with Gasteiger partial charge in [0.2, 0.25) is 5.88 Å². The molecule has 0 fully saturated rings. The van der Waals surface area contributed by atoms with Gasteiger partial charge in [-0.05, 0) is 37.2 Å². The van der Waals surface area contributed by atoms with E-state index in [4.69, 9.17) is 4.74 Å². The highest BCUT2D eigenvalue weighted by Gasteiger charge is 2.14. The lowest BCUT2D eigenvalue weighted by atomic mass is 10.1. The first-order valence-corrected chi connectivity index (χ1v) is 7.19. The summed E-state index contributed by atoms with van der Waals surface area (Å²) in [6.45, 7) is 2.83. The minimum atomic E-state index is 0.663. The summed E-state index contributed by atoms with van der Waals surface area (Å²) < 4.78 is 8.15. The molecule has 0 unspecified atom stereocenters. The van der Waals surface area contributed by atoms with Crippen LogP contribution in [0, 0.1) is 0 Å². The second-order valence-electron chi connectivity index (χ2n) is 4.89. The fourth-order valence-electron chi connectivity index (χ4n) is 2.43. The third-order valence-corrected chi connectivity index (χ3v) is 3.50. The number of fused-ring (bicyclic) bond motifs is 1. The Morgan fingerprint density at radius 3 is 2.76 bits per heavy atom. The molecule has 108 valence electrons. The van der Waals surface area contributed by atoms with Crippen molar-refractivity contribution >= 4 is 5.65 Å². The van der Waals surface area contributed by atoms with E-state index in [1.807, 2.05) is 49.6 Å². The summed E-state index contributed by atoms with van der Waals surface area (Å²) in [7, 11) is 1.92. The fraction of sp³-hybridized carbons (Fsp3) is 0.235. The highest BCUT2D eigenvalue weighted by atomic mass is 16.5. The SMILES string of the molecule is CCc1ccccc1Oc1nc2ccccn2c1CNC. The number of benzene rings is 1. The van der Waals surface area contributed by atoms with E-state index >= 15 is 0 Å². The molecular formula is C17H19N3O. The van der Waals surface area contributed by atoms with Crippen LogP contribution in [-0.4, -0.2) is 16.4 Å². The van der Waals surface area contributed by atoms with Crippen LogP contribution >= 0.6 is 0 Å². The van der Waals surface area contributed by atoms with Crippen LogP contribution in [0.15, 0.2) is 48.7 Å². The first-order valence-electron chi connectivity index (χ1n) is 7.19. The van der Waals surface area contributed by atoms with Crippen LogP contribution in [0.5, 0.6) is 11.6 Å². The Morgan fingerprint density at radius 2 is 1.95 bits per heavy atom. The number of aryl methyl sites for hydroxylation is 1. The molecule has 21 heavy (non-hydrogen) atoms. The van der Waals surface area contributed by atoms with Gasteiger partial charge in [0.25, 0.3) is 0 Å². The number of rotatable bonds is 5. The molecule has 3 rings (SSSR count). The molecule has 1 aromatic carbocycles. The zero-order valence-corrected chi connectivity index (χ0v) is 12.3. The average molecular weight is 281 g/mol.